The van der Waals surface area contributed by atoms with Crippen LogP contribution in [0.15, 0.2) is 34.8 Å². The Morgan fingerprint density at radius 2 is 2.00 bits per heavy atom. The van der Waals surface area contributed by atoms with Crippen LogP contribution >= 0.6 is 15.9 Å². The summed E-state index contributed by atoms with van der Waals surface area (Å²) in [6.07, 6.45) is 0. The van der Waals surface area contributed by atoms with E-state index in [4.69, 9.17) is 0 Å². The molecule has 1 aromatic heterocycles. The van der Waals surface area contributed by atoms with E-state index in [2.05, 4.69) is 21.0 Å². The SMILES string of the molecule is Cc1c(Br)c(-c2ccccc2)nn1[N+](=O)[O-]. The highest BCUT2D eigenvalue weighted by molar-refractivity contribution is 9.10. The lowest BCUT2D eigenvalue weighted by Gasteiger charge is -1.91. The summed E-state index contributed by atoms with van der Waals surface area (Å²) in [6.45, 7) is 1.65. The van der Waals surface area contributed by atoms with Gasteiger partial charge in [-0.2, -0.15) is 0 Å². The molecule has 2 rings (SSSR count). The predicted octanol–water partition coefficient (Wildman–Crippen LogP) is 2.66. The van der Waals surface area contributed by atoms with Crippen molar-refractivity contribution in [3.05, 3.63) is 50.6 Å². The van der Waals surface area contributed by atoms with Gasteiger partial charge in [0.25, 0.3) is 0 Å². The molecule has 0 amide bonds. The molecule has 0 aliphatic heterocycles. The number of aromatic nitrogens is 2. The van der Waals surface area contributed by atoms with Crippen LogP contribution in [0.2, 0.25) is 0 Å². The third-order valence-electron chi connectivity index (χ3n) is 2.22. The molecule has 0 saturated carbocycles. The van der Waals surface area contributed by atoms with Crippen LogP contribution in [-0.4, -0.2) is 14.9 Å². The number of hydrogen-bond acceptors (Lipinski definition) is 3. The number of nitrogens with zero attached hydrogens (tertiary/aromatic N) is 3. The van der Waals surface area contributed by atoms with Crippen LogP contribution in [0.5, 0.6) is 0 Å². The van der Waals surface area contributed by atoms with Crippen molar-refractivity contribution in [2.24, 2.45) is 0 Å². The topological polar surface area (TPSA) is 61.0 Å². The first-order valence-electron chi connectivity index (χ1n) is 4.56. The van der Waals surface area contributed by atoms with Crippen LogP contribution in [0.1, 0.15) is 5.69 Å². The average Bonchev–Trinajstić information content (AvgIpc) is 2.58. The van der Waals surface area contributed by atoms with Crippen LogP contribution in [0.4, 0.5) is 0 Å². The fraction of sp³-hybridized carbons (Fsp3) is 0.100. The van der Waals surface area contributed by atoms with E-state index in [-0.39, 0.29) is 0 Å². The minimum absolute atomic E-state index is 0.476. The first-order valence-corrected chi connectivity index (χ1v) is 5.36. The maximum atomic E-state index is 10.7. The van der Waals surface area contributed by atoms with Gasteiger partial charge in [0, 0.05) is 10.4 Å². The Morgan fingerprint density at radius 1 is 1.38 bits per heavy atom. The molecule has 0 aliphatic carbocycles. The molecule has 0 bridgehead atoms. The second kappa shape index (κ2) is 4.05. The molecule has 2 aromatic rings. The van der Waals surface area contributed by atoms with Gasteiger partial charge in [-0.3, -0.25) is 0 Å². The highest BCUT2D eigenvalue weighted by Crippen LogP contribution is 2.29. The van der Waals surface area contributed by atoms with Gasteiger partial charge < -0.3 is 10.1 Å². The van der Waals surface area contributed by atoms with Crippen molar-refractivity contribution in [3.8, 4) is 11.3 Å². The summed E-state index contributed by atoms with van der Waals surface area (Å²) in [5.41, 5.74) is 1.90. The maximum absolute atomic E-state index is 10.7. The van der Waals surface area contributed by atoms with E-state index in [9.17, 15) is 10.1 Å². The number of rotatable bonds is 2. The Hall–Kier alpha value is -1.69. The van der Waals surface area contributed by atoms with Crippen molar-refractivity contribution < 1.29 is 5.03 Å². The Balaban J connectivity index is 2.60. The molecule has 1 aromatic carbocycles. The van der Waals surface area contributed by atoms with Crippen molar-refractivity contribution in [1.29, 1.82) is 0 Å². The Labute approximate surface area is 100.0 Å². The Morgan fingerprint density at radius 3 is 2.50 bits per heavy atom. The van der Waals surface area contributed by atoms with Gasteiger partial charge in [-0.1, -0.05) is 30.3 Å². The van der Waals surface area contributed by atoms with Crippen molar-refractivity contribution in [2.45, 2.75) is 6.92 Å². The molecule has 0 atom stereocenters. The minimum Gasteiger partial charge on any atom is -0.339 e. The van der Waals surface area contributed by atoms with E-state index in [1.807, 2.05) is 30.3 Å². The zero-order valence-corrected chi connectivity index (χ0v) is 10.0. The van der Waals surface area contributed by atoms with E-state index in [1.165, 1.54) is 0 Å². The van der Waals surface area contributed by atoms with Crippen molar-refractivity contribution in [3.63, 3.8) is 0 Å². The minimum atomic E-state index is -0.549. The fourth-order valence-corrected chi connectivity index (χ4v) is 1.88. The summed E-state index contributed by atoms with van der Waals surface area (Å²) in [5.74, 6) is 0. The van der Waals surface area contributed by atoms with Crippen LogP contribution in [0.25, 0.3) is 11.3 Å². The number of halogens is 1. The van der Waals surface area contributed by atoms with Crippen LogP contribution < -0.4 is 0 Å². The Bertz CT molecular complexity index is 536. The molecule has 82 valence electrons. The quantitative estimate of drug-likeness (QED) is 0.628. The standard InChI is InChI=1S/C10H8BrN3O2/c1-7-9(11)10(12-13(7)14(15)16)8-5-3-2-4-6-8/h2-6H,1H3. The molecule has 6 heteroatoms. The molecule has 0 N–H and O–H groups in total. The van der Waals surface area contributed by atoms with Gasteiger partial charge in [-0.05, 0) is 22.9 Å². The van der Waals surface area contributed by atoms with Crippen molar-refractivity contribution in [1.82, 2.24) is 9.89 Å². The number of nitro groups is 1. The number of benzene rings is 1. The molecule has 0 aliphatic rings. The fourth-order valence-electron chi connectivity index (χ4n) is 1.41. The molecular formula is C10H8BrN3O2. The molecule has 0 spiro atoms. The van der Waals surface area contributed by atoms with E-state index in [0.717, 1.165) is 10.4 Å². The number of hydrogen-bond donors (Lipinski definition) is 0. The molecular weight excluding hydrogens is 274 g/mol. The predicted molar refractivity (Wildman–Crippen MR) is 62.5 cm³/mol. The molecule has 16 heavy (non-hydrogen) atoms. The van der Waals surface area contributed by atoms with Crippen molar-refractivity contribution >= 4 is 15.9 Å². The van der Waals surface area contributed by atoms with Crippen LogP contribution in [0.3, 0.4) is 0 Å². The molecule has 5 nitrogen and oxygen atoms in total. The lowest BCUT2D eigenvalue weighted by molar-refractivity contribution is -0.553. The van der Waals surface area contributed by atoms with E-state index >= 15 is 0 Å². The first-order chi connectivity index (χ1) is 7.61. The third kappa shape index (κ3) is 1.71. The third-order valence-corrected chi connectivity index (χ3v) is 3.17. The molecule has 0 saturated heterocycles. The molecule has 0 radical (unpaired) electrons. The lowest BCUT2D eigenvalue weighted by atomic mass is 10.1. The zero-order chi connectivity index (χ0) is 11.7. The monoisotopic (exact) mass is 281 g/mol. The second-order valence-electron chi connectivity index (χ2n) is 3.24. The van der Waals surface area contributed by atoms with Gasteiger partial charge in [0.2, 0.25) is 5.69 Å². The van der Waals surface area contributed by atoms with Crippen LogP contribution in [-0.2, 0) is 0 Å². The average molecular weight is 282 g/mol. The van der Waals surface area contributed by atoms with Gasteiger partial charge in [-0.15, -0.1) is 0 Å². The zero-order valence-electron chi connectivity index (χ0n) is 8.42. The van der Waals surface area contributed by atoms with Gasteiger partial charge in [0.15, 0.2) is 0 Å². The van der Waals surface area contributed by atoms with E-state index in [1.54, 1.807) is 6.92 Å². The van der Waals surface area contributed by atoms with Gasteiger partial charge >= 0.3 is 0 Å². The summed E-state index contributed by atoms with van der Waals surface area (Å²) >= 11 is 3.32. The summed E-state index contributed by atoms with van der Waals surface area (Å²) in [7, 11) is 0. The smallest absolute Gasteiger partial charge is 0.224 e. The normalized spacial score (nSPS) is 10.4. The summed E-state index contributed by atoms with van der Waals surface area (Å²) in [6, 6.07) is 9.33. The molecule has 0 unspecified atom stereocenters. The largest absolute Gasteiger partial charge is 0.339 e. The van der Waals surface area contributed by atoms with Gasteiger partial charge in [0.1, 0.15) is 5.69 Å². The lowest BCUT2D eigenvalue weighted by Crippen LogP contribution is -2.11. The highest BCUT2D eigenvalue weighted by Gasteiger charge is 2.22. The summed E-state index contributed by atoms with van der Waals surface area (Å²) < 4.78 is 0.649. The Kier molecular flexibility index (Phi) is 2.74. The first kappa shape index (κ1) is 10.8. The summed E-state index contributed by atoms with van der Waals surface area (Å²) in [5, 5.41) is 14.1. The van der Waals surface area contributed by atoms with E-state index < -0.39 is 5.03 Å². The highest BCUT2D eigenvalue weighted by atomic mass is 79.9. The molecule has 0 fully saturated rings. The van der Waals surface area contributed by atoms with Gasteiger partial charge in [0.05, 0.1) is 14.6 Å². The van der Waals surface area contributed by atoms with Gasteiger partial charge in [-0.25, -0.2) is 0 Å². The van der Waals surface area contributed by atoms with Crippen LogP contribution in [0, 0.1) is 17.0 Å². The maximum Gasteiger partial charge on any atom is 0.224 e. The van der Waals surface area contributed by atoms with Crippen molar-refractivity contribution in [2.75, 3.05) is 0 Å². The van der Waals surface area contributed by atoms with E-state index in [0.29, 0.717) is 15.9 Å². The molecule has 1 heterocycles. The summed E-state index contributed by atoms with van der Waals surface area (Å²) in [4.78, 5) is 11.5. The second-order valence-corrected chi connectivity index (χ2v) is 4.03.